The van der Waals surface area contributed by atoms with Crippen LogP contribution in [0.2, 0.25) is 0 Å². The number of nitrogens with zero attached hydrogens (tertiary/aromatic N) is 4. The zero-order valence-corrected chi connectivity index (χ0v) is 20.1. The maximum Gasteiger partial charge on any atom is 0.407 e. The minimum atomic E-state index is -0.497. The average molecular weight is 475 g/mol. The molecule has 34 heavy (non-hydrogen) atoms. The van der Waals surface area contributed by atoms with Crippen LogP contribution in [0, 0.1) is 0 Å². The summed E-state index contributed by atoms with van der Waals surface area (Å²) in [4.78, 5) is 32.8. The lowest BCUT2D eigenvalue weighted by Gasteiger charge is -2.14. The molecule has 0 fully saturated rings. The molecule has 1 atom stereocenters. The maximum atomic E-state index is 11.4. The maximum absolute atomic E-state index is 11.4. The molecule has 12 heteroatoms. The third kappa shape index (κ3) is 6.09. The van der Waals surface area contributed by atoms with Crippen molar-refractivity contribution in [2.45, 2.75) is 39.2 Å². The van der Waals surface area contributed by atoms with Crippen LogP contribution in [0.1, 0.15) is 33.5 Å². The van der Waals surface area contributed by atoms with Gasteiger partial charge in [0.25, 0.3) is 0 Å². The van der Waals surface area contributed by atoms with E-state index in [0.29, 0.717) is 35.4 Å². The molecule has 0 spiro atoms. The summed E-state index contributed by atoms with van der Waals surface area (Å²) in [6.45, 7) is 8.48. The molecule has 3 heterocycles. The molecule has 1 amide bonds. The number of hydrogen-bond donors (Lipinski definition) is 4. The lowest BCUT2D eigenvalue weighted by molar-refractivity contribution is 0.168. The molecule has 3 rings (SSSR count). The first-order valence-corrected chi connectivity index (χ1v) is 10.4. The molecule has 0 saturated heterocycles. The number of amides is 1. The first-order chi connectivity index (χ1) is 15.6. The number of imidazole rings is 1. The Labute approximate surface area is 197 Å². The number of rotatable bonds is 7. The van der Waals surface area contributed by atoms with E-state index in [2.05, 4.69) is 56.1 Å². The number of alkyl carbamates (subject to hydrolysis) is 1. The number of H-pyrrole nitrogens is 1. The Bertz CT molecular complexity index is 1130. The second-order valence-electron chi connectivity index (χ2n) is 8.55. The average Bonchev–Trinajstić information content (AvgIpc) is 3.24. The lowest BCUT2D eigenvalue weighted by atomic mass is 9.96. The quantitative estimate of drug-likeness (QED) is 0.404. The summed E-state index contributed by atoms with van der Waals surface area (Å²) in [5.41, 5.74) is 8.46. The molecular weight excluding hydrogens is 443 g/mol. The normalized spacial score (nSPS) is 11.8. The van der Waals surface area contributed by atoms with Gasteiger partial charge in [0, 0.05) is 36.0 Å². The molecule has 0 saturated carbocycles. The van der Waals surface area contributed by atoms with Crippen LogP contribution in [-0.2, 0) is 10.2 Å². The number of nitrogens with one attached hydrogen (secondary N) is 3. The van der Waals surface area contributed by atoms with Crippen LogP contribution >= 0.6 is 0 Å². The number of ether oxygens (including phenoxy) is 2. The number of anilines is 2. The molecule has 0 unspecified atom stereocenters. The minimum Gasteiger partial charge on any atom is -0.493 e. The summed E-state index contributed by atoms with van der Waals surface area (Å²) in [6, 6.07) is 3.41. The van der Waals surface area contributed by atoms with E-state index in [4.69, 9.17) is 15.5 Å². The van der Waals surface area contributed by atoms with E-state index in [9.17, 15) is 4.79 Å². The lowest BCUT2D eigenvalue weighted by Crippen LogP contribution is -2.37. The van der Waals surface area contributed by atoms with Crippen LogP contribution in [0.25, 0.3) is 22.6 Å². The molecule has 0 aliphatic carbocycles. The molecule has 0 bridgehead atoms. The predicted octanol–water partition coefficient (Wildman–Crippen LogP) is 3.13. The van der Waals surface area contributed by atoms with Gasteiger partial charge in [-0.05, 0) is 19.1 Å². The Morgan fingerprint density at radius 1 is 1.24 bits per heavy atom. The van der Waals surface area contributed by atoms with Gasteiger partial charge in [-0.15, -0.1) is 0 Å². The number of hydrogen-bond acceptors (Lipinski definition) is 9. The number of nitrogens with two attached hydrogens (primary N) is 1. The van der Waals surface area contributed by atoms with Gasteiger partial charge in [-0.1, -0.05) is 20.8 Å². The van der Waals surface area contributed by atoms with Gasteiger partial charge in [0.05, 0.1) is 31.3 Å². The number of aromatic amines is 1. The van der Waals surface area contributed by atoms with Crippen LogP contribution in [0.15, 0.2) is 24.5 Å². The van der Waals surface area contributed by atoms with Crippen LogP contribution in [0.5, 0.6) is 5.75 Å². The topological polar surface area (TPSA) is 153 Å². The highest BCUT2D eigenvalue weighted by Gasteiger charge is 2.24. The molecule has 184 valence electrons. The highest BCUT2D eigenvalue weighted by Crippen LogP contribution is 2.34. The van der Waals surface area contributed by atoms with Crippen molar-refractivity contribution in [3.05, 3.63) is 30.4 Å². The van der Waals surface area contributed by atoms with Gasteiger partial charge in [0.2, 0.25) is 5.95 Å². The fourth-order valence-electron chi connectivity index (χ4n) is 3.01. The predicted molar refractivity (Wildman–Crippen MR) is 129 cm³/mol. The number of methoxy groups -OCH3 is 2. The van der Waals surface area contributed by atoms with Crippen molar-refractivity contribution in [2.75, 3.05) is 31.8 Å². The van der Waals surface area contributed by atoms with E-state index < -0.39 is 6.09 Å². The fourth-order valence-corrected chi connectivity index (χ4v) is 3.01. The van der Waals surface area contributed by atoms with Crippen LogP contribution in [0.4, 0.5) is 21.3 Å². The standard InChI is InChI=1S/C22H30N8O3.FH/c1-12(27-21(31)33-6)10-26-20-24-8-7-14(28-20)17-16(29-19(30-17)22(2,3)4)13-9-15(32-5)18(23)25-11-13;/h7-9,11-12H,10H2,1-6H3,(H2,23,25)(H,27,31)(H,29,30)(H,24,26,28);1H/t12-;/m0./s1. The van der Waals surface area contributed by atoms with Gasteiger partial charge in [0.15, 0.2) is 11.6 Å². The first kappa shape index (κ1) is 26.3. The summed E-state index contributed by atoms with van der Waals surface area (Å²) >= 11 is 0. The van der Waals surface area contributed by atoms with E-state index in [1.54, 1.807) is 31.6 Å². The van der Waals surface area contributed by atoms with Gasteiger partial charge < -0.3 is 30.8 Å². The zero-order valence-electron chi connectivity index (χ0n) is 20.1. The molecular formula is C22H31FN8O3. The fraction of sp³-hybridized carbons (Fsp3) is 0.409. The van der Waals surface area contributed by atoms with Crippen molar-refractivity contribution in [2.24, 2.45) is 0 Å². The molecule has 0 radical (unpaired) electrons. The van der Waals surface area contributed by atoms with Crippen molar-refractivity contribution in [1.29, 1.82) is 0 Å². The summed E-state index contributed by atoms with van der Waals surface area (Å²) < 4.78 is 9.95. The zero-order chi connectivity index (χ0) is 24.2. The Morgan fingerprint density at radius 3 is 2.62 bits per heavy atom. The smallest absolute Gasteiger partial charge is 0.407 e. The molecule has 11 nitrogen and oxygen atoms in total. The minimum absolute atomic E-state index is 0. The van der Waals surface area contributed by atoms with Crippen molar-refractivity contribution in [3.63, 3.8) is 0 Å². The number of carbonyl (C=O) groups excluding carboxylic acids is 1. The van der Waals surface area contributed by atoms with E-state index >= 15 is 0 Å². The van der Waals surface area contributed by atoms with Crippen LogP contribution in [0.3, 0.4) is 0 Å². The summed E-state index contributed by atoms with van der Waals surface area (Å²) in [5.74, 6) is 1.98. The van der Waals surface area contributed by atoms with Crippen molar-refractivity contribution < 1.29 is 19.0 Å². The highest BCUT2D eigenvalue weighted by molar-refractivity contribution is 5.78. The number of halogens is 1. The second-order valence-corrected chi connectivity index (χ2v) is 8.55. The number of pyridine rings is 1. The molecule has 5 N–H and O–H groups in total. The largest absolute Gasteiger partial charge is 0.493 e. The van der Waals surface area contributed by atoms with Crippen LogP contribution < -0.4 is 21.1 Å². The Hall–Kier alpha value is -3.96. The molecule has 0 aliphatic rings. The van der Waals surface area contributed by atoms with Gasteiger partial charge in [-0.2, -0.15) is 0 Å². The monoisotopic (exact) mass is 474 g/mol. The van der Waals surface area contributed by atoms with Crippen LogP contribution in [-0.4, -0.2) is 57.8 Å². The number of carbonyl (C=O) groups is 1. The van der Waals surface area contributed by atoms with Gasteiger partial charge in [-0.3, -0.25) is 4.70 Å². The molecule has 3 aromatic heterocycles. The second kappa shape index (κ2) is 10.8. The molecule has 0 aromatic carbocycles. The summed E-state index contributed by atoms with van der Waals surface area (Å²) in [6.07, 6.45) is 2.82. The van der Waals surface area contributed by atoms with E-state index in [0.717, 1.165) is 17.1 Å². The van der Waals surface area contributed by atoms with E-state index in [1.807, 2.05) is 6.92 Å². The number of nitrogen functional groups attached to an aromatic ring is 1. The van der Waals surface area contributed by atoms with E-state index in [1.165, 1.54) is 7.11 Å². The first-order valence-electron chi connectivity index (χ1n) is 10.4. The Kier molecular flexibility index (Phi) is 8.33. The van der Waals surface area contributed by atoms with Gasteiger partial charge in [-0.25, -0.2) is 24.7 Å². The Morgan fingerprint density at radius 2 is 1.97 bits per heavy atom. The Balaban J connectivity index is 0.00000408. The van der Waals surface area contributed by atoms with Gasteiger partial charge in [0.1, 0.15) is 5.82 Å². The number of aromatic nitrogens is 5. The SMILES string of the molecule is COC(=O)N[C@@H](C)CNc1nccc(-c2[nH]c(C(C)(C)C)nc2-c2cnc(N)c(OC)c2)n1.F. The van der Waals surface area contributed by atoms with Crippen molar-refractivity contribution in [3.8, 4) is 28.4 Å². The van der Waals surface area contributed by atoms with E-state index in [-0.39, 0.29) is 16.2 Å². The molecule has 0 aliphatic heterocycles. The van der Waals surface area contributed by atoms with Crippen molar-refractivity contribution in [1.82, 2.24) is 30.2 Å². The van der Waals surface area contributed by atoms with Crippen molar-refractivity contribution >= 4 is 17.9 Å². The highest BCUT2D eigenvalue weighted by atomic mass is 19.0. The van der Waals surface area contributed by atoms with Gasteiger partial charge >= 0.3 is 6.09 Å². The summed E-state index contributed by atoms with van der Waals surface area (Å²) in [5, 5.41) is 5.82. The third-order valence-electron chi connectivity index (χ3n) is 4.82. The summed E-state index contributed by atoms with van der Waals surface area (Å²) in [7, 11) is 2.86. The third-order valence-corrected chi connectivity index (χ3v) is 4.82. The molecule has 3 aromatic rings.